The molecule has 3 fully saturated rings. The Bertz CT molecular complexity index is 1020. The van der Waals surface area contributed by atoms with E-state index in [0.29, 0.717) is 12.5 Å². The van der Waals surface area contributed by atoms with Gasteiger partial charge < -0.3 is 14.5 Å². The van der Waals surface area contributed by atoms with Crippen molar-refractivity contribution in [3.8, 4) is 0 Å². The average Bonchev–Trinajstić information content (AvgIpc) is 3.24. The summed E-state index contributed by atoms with van der Waals surface area (Å²) < 4.78 is 5.60. The van der Waals surface area contributed by atoms with Gasteiger partial charge in [-0.2, -0.15) is 0 Å². The van der Waals surface area contributed by atoms with E-state index < -0.39 is 0 Å². The van der Waals surface area contributed by atoms with Crippen LogP contribution in [0.1, 0.15) is 97.0 Å². The van der Waals surface area contributed by atoms with Crippen LogP contribution in [-0.4, -0.2) is 48.7 Å². The zero-order valence-electron chi connectivity index (χ0n) is 22.6. The Labute approximate surface area is 216 Å². The molecule has 1 unspecified atom stereocenters. The lowest BCUT2D eigenvalue weighted by atomic mass is 9.85. The van der Waals surface area contributed by atoms with E-state index >= 15 is 0 Å². The molecule has 2 heterocycles. The molecular weight excluding hydrogens is 450 g/mol. The van der Waals surface area contributed by atoms with Gasteiger partial charge in [-0.1, -0.05) is 24.5 Å². The molecular formula is C30H43N3O3. The average molecular weight is 494 g/mol. The van der Waals surface area contributed by atoms with Crippen molar-refractivity contribution in [2.24, 2.45) is 5.92 Å². The first kappa shape index (κ1) is 25.2. The van der Waals surface area contributed by atoms with Crippen LogP contribution in [0.15, 0.2) is 29.5 Å². The van der Waals surface area contributed by atoms with Crippen molar-refractivity contribution in [1.82, 2.24) is 4.90 Å². The van der Waals surface area contributed by atoms with Gasteiger partial charge >= 0.3 is 6.09 Å². The van der Waals surface area contributed by atoms with Crippen molar-refractivity contribution in [2.75, 3.05) is 29.4 Å². The lowest BCUT2D eigenvalue weighted by molar-refractivity contribution is -0.117. The first-order valence-corrected chi connectivity index (χ1v) is 14.2. The molecule has 1 aromatic carbocycles. The van der Waals surface area contributed by atoms with E-state index in [9.17, 15) is 9.59 Å². The van der Waals surface area contributed by atoms with E-state index in [-0.39, 0.29) is 24.1 Å². The predicted octanol–water partition coefficient (Wildman–Crippen LogP) is 6.60. The molecule has 2 aliphatic carbocycles. The van der Waals surface area contributed by atoms with Gasteiger partial charge in [-0.05, 0) is 89.3 Å². The van der Waals surface area contributed by atoms with Crippen LogP contribution in [0, 0.1) is 5.92 Å². The molecule has 0 spiro atoms. The van der Waals surface area contributed by atoms with Crippen LogP contribution in [0.25, 0.3) is 0 Å². The number of amides is 2. The smallest absolute Gasteiger partial charge is 0.414 e. The Morgan fingerprint density at radius 2 is 1.78 bits per heavy atom. The molecule has 2 aliphatic heterocycles. The van der Waals surface area contributed by atoms with Gasteiger partial charge in [-0.25, -0.2) is 4.79 Å². The van der Waals surface area contributed by atoms with E-state index in [1.165, 1.54) is 63.5 Å². The number of benzene rings is 1. The van der Waals surface area contributed by atoms with Crippen LogP contribution in [0.5, 0.6) is 0 Å². The highest BCUT2D eigenvalue weighted by Gasteiger charge is 2.37. The first-order valence-electron chi connectivity index (χ1n) is 14.2. The van der Waals surface area contributed by atoms with Gasteiger partial charge in [0.2, 0.25) is 5.91 Å². The maximum Gasteiger partial charge on any atom is 0.414 e. The Morgan fingerprint density at radius 3 is 2.42 bits per heavy atom. The number of hydrogen-bond acceptors (Lipinski definition) is 4. The fourth-order valence-corrected chi connectivity index (χ4v) is 6.65. The Hall–Kier alpha value is -2.50. The minimum atomic E-state index is -0.332. The lowest BCUT2D eigenvalue weighted by Gasteiger charge is -2.40. The number of carbonyl (C=O) groups excluding carboxylic acids is 2. The largest absolute Gasteiger partial charge is 0.446 e. The quantitative estimate of drug-likeness (QED) is 0.474. The molecule has 0 N–H and O–H groups in total. The summed E-state index contributed by atoms with van der Waals surface area (Å²) in [5, 5.41) is 0. The van der Waals surface area contributed by atoms with E-state index in [0.717, 1.165) is 30.3 Å². The van der Waals surface area contributed by atoms with Crippen molar-refractivity contribution >= 4 is 23.4 Å². The number of carbonyl (C=O) groups is 2. The van der Waals surface area contributed by atoms with Crippen molar-refractivity contribution in [3.63, 3.8) is 0 Å². The summed E-state index contributed by atoms with van der Waals surface area (Å²) in [6.45, 7) is 10.0. The summed E-state index contributed by atoms with van der Waals surface area (Å²) in [6, 6.07) is 6.31. The number of allylic oxidation sites excluding steroid dienone is 2. The third-order valence-corrected chi connectivity index (χ3v) is 8.64. The maximum atomic E-state index is 13.1. The van der Waals surface area contributed by atoms with Crippen LogP contribution >= 0.6 is 0 Å². The normalized spacial score (nSPS) is 24.8. The monoisotopic (exact) mass is 493 g/mol. The summed E-state index contributed by atoms with van der Waals surface area (Å²) in [4.78, 5) is 31.9. The number of likely N-dealkylation sites (tertiary alicyclic amines) is 1. The van der Waals surface area contributed by atoms with Gasteiger partial charge in [0.1, 0.15) is 0 Å². The van der Waals surface area contributed by atoms with Gasteiger partial charge in [0.25, 0.3) is 0 Å². The van der Waals surface area contributed by atoms with E-state index in [2.05, 4.69) is 23.1 Å². The highest BCUT2D eigenvalue weighted by Crippen LogP contribution is 2.44. The fraction of sp³-hybridized carbons (Fsp3) is 0.667. The van der Waals surface area contributed by atoms with Crippen molar-refractivity contribution in [1.29, 1.82) is 0 Å². The summed E-state index contributed by atoms with van der Waals surface area (Å²) in [7, 11) is 0. The summed E-state index contributed by atoms with van der Waals surface area (Å²) in [5.41, 5.74) is 6.18. The maximum absolute atomic E-state index is 13.1. The topological polar surface area (TPSA) is 53.1 Å². The number of rotatable bonds is 4. The molecule has 5 rings (SSSR count). The van der Waals surface area contributed by atoms with Crippen molar-refractivity contribution < 1.29 is 14.3 Å². The molecule has 4 aliphatic rings. The molecule has 196 valence electrons. The fourth-order valence-electron chi connectivity index (χ4n) is 6.65. The second kappa shape index (κ2) is 10.5. The van der Waals surface area contributed by atoms with Crippen molar-refractivity contribution in [3.05, 3.63) is 35.0 Å². The van der Waals surface area contributed by atoms with Gasteiger partial charge in [0.05, 0.1) is 23.5 Å². The van der Waals surface area contributed by atoms with Crippen LogP contribution in [0.3, 0.4) is 0 Å². The molecule has 2 saturated carbocycles. The molecule has 1 aromatic rings. The summed E-state index contributed by atoms with van der Waals surface area (Å²) >= 11 is 0. The molecule has 36 heavy (non-hydrogen) atoms. The first-order chi connectivity index (χ1) is 17.3. The van der Waals surface area contributed by atoms with Crippen LogP contribution in [0.4, 0.5) is 16.2 Å². The number of anilines is 2. The van der Waals surface area contributed by atoms with Gasteiger partial charge in [-0.15, -0.1) is 0 Å². The Morgan fingerprint density at radius 1 is 1.03 bits per heavy atom. The lowest BCUT2D eigenvalue weighted by Crippen LogP contribution is -2.51. The Kier molecular flexibility index (Phi) is 7.32. The molecule has 6 heteroatoms. The number of nitrogens with zero attached hydrogens (tertiary/aromatic N) is 3. The number of hydrogen-bond donors (Lipinski definition) is 0. The molecule has 0 bridgehead atoms. The minimum Gasteiger partial charge on any atom is -0.446 e. The van der Waals surface area contributed by atoms with Crippen LogP contribution in [-0.2, 0) is 9.53 Å². The van der Waals surface area contributed by atoms with Gasteiger partial charge in [0, 0.05) is 38.2 Å². The van der Waals surface area contributed by atoms with Crippen LogP contribution < -0.4 is 9.80 Å². The van der Waals surface area contributed by atoms with E-state index in [4.69, 9.17) is 4.74 Å². The standard InChI is InChI=1S/C30H43N3O3/c1-20(2)36-30(35)32-17-21(3)33(22(4)34)27-14-13-25(15-29(27)32)26-16-28(24-11-6-5-7-12-24)31(19-26)18-23-9-8-10-23/h13-15,20-21,23,26H,5-12,16-19H2,1-4H3/t21-,26?/m0/s1. The van der Waals surface area contributed by atoms with E-state index in [1.54, 1.807) is 23.1 Å². The van der Waals surface area contributed by atoms with E-state index in [1.807, 2.05) is 25.7 Å². The molecule has 2 amide bonds. The predicted molar refractivity (Wildman–Crippen MR) is 144 cm³/mol. The molecule has 6 nitrogen and oxygen atoms in total. The van der Waals surface area contributed by atoms with Crippen LogP contribution in [0.2, 0.25) is 0 Å². The second-order valence-corrected chi connectivity index (χ2v) is 11.7. The number of ether oxygens (including phenoxy) is 1. The molecule has 0 radical (unpaired) electrons. The second-order valence-electron chi connectivity index (χ2n) is 11.7. The highest BCUT2D eigenvalue weighted by molar-refractivity contribution is 6.02. The molecule has 1 saturated heterocycles. The van der Waals surface area contributed by atoms with Gasteiger partial charge in [-0.3, -0.25) is 9.69 Å². The van der Waals surface area contributed by atoms with Crippen molar-refractivity contribution in [2.45, 2.75) is 104 Å². The Balaban J connectivity index is 1.47. The third-order valence-electron chi connectivity index (χ3n) is 8.64. The molecule has 0 aromatic heterocycles. The zero-order chi connectivity index (χ0) is 25.4. The SMILES string of the molecule is CC(=O)N1c2ccc(C3CC(=C4CCCCC4)N(CC4CCC4)C3)cc2N(C(=O)OC(C)C)C[C@@H]1C. The number of fused-ring (bicyclic) bond motifs is 1. The highest BCUT2D eigenvalue weighted by atomic mass is 16.6. The summed E-state index contributed by atoms with van der Waals surface area (Å²) in [6.07, 6.45) is 11.2. The zero-order valence-corrected chi connectivity index (χ0v) is 22.6. The minimum absolute atomic E-state index is 0.00485. The molecule has 2 atom stereocenters. The van der Waals surface area contributed by atoms with Gasteiger partial charge in [0.15, 0.2) is 0 Å². The third kappa shape index (κ3) is 5.01. The summed E-state index contributed by atoms with van der Waals surface area (Å²) in [5.74, 6) is 1.26.